The van der Waals surface area contributed by atoms with E-state index in [9.17, 15) is 5.26 Å². The van der Waals surface area contributed by atoms with Gasteiger partial charge in [-0.3, -0.25) is 0 Å². The van der Waals surface area contributed by atoms with Crippen LogP contribution in [-0.4, -0.2) is 14.5 Å². The highest BCUT2D eigenvalue weighted by Gasteiger charge is 2.22. The van der Waals surface area contributed by atoms with Gasteiger partial charge in [0.15, 0.2) is 5.82 Å². The molecule has 2 aromatic heterocycles. The Labute approximate surface area is 277 Å². The number of nitrogens with zero attached hydrogens (tertiary/aromatic N) is 4. The third-order valence-corrected chi connectivity index (χ3v) is 8.98. The van der Waals surface area contributed by atoms with Crippen LogP contribution in [0.2, 0.25) is 0 Å². The Bertz CT molecular complexity index is 2180. The van der Waals surface area contributed by atoms with Gasteiger partial charge in [0, 0.05) is 33.2 Å². The summed E-state index contributed by atoms with van der Waals surface area (Å²) in [5.41, 5.74) is 10.6. The molecule has 230 valence electrons. The monoisotopic (exact) mass is 610 g/mol. The van der Waals surface area contributed by atoms with Crippen LogP contribution in [0.1, 0.15) is 58.2 Å². The van der Waals surface area contributed by atoms with E-state index in [4.69, 9.17) is 9.97 Å². The lowest BCUT2D eigenvalue weighted by Crippen LogP contribution is -2.10. The van der Waals surface area contributed by atoms with Gasteiger partial charge in [-0.05, 0) is 70.5 Å². The van der Waals surface area contributed by atoms with Crippen LogP contribution < -0.4 is 0 Å². The van der Waals surface area contributed by atoms with Crippen molar-refractivity contribution in [1.29, 1.82) is 5.26 Å². The minimum atomic E-state index is 0.0224. The second-order valence-electron chi connectivity index (χ2n) is 14.3. The molecule has 4 heteroatoms. The van der Waals surface area contributed by atoms with Crippen molar-refractivity contribution >= 4 is 21.8 Å². The molecule has 5 aromatic carbocycles. The topological polar surface area (TPSA) is 54.5 Å². The largest absolute Gasteiger partial charge is 0.309 e. The Morgan fingerprint density at radius 3 is 1.62 bits per heavy atom. The molecule has 0 aliphatic heterocycles. The van der Waals surface area contributed by atoms with E-state index in [-0.39, 0.29) is 10.8 Å². The third kappa shape index (κ3) is 5.59. The summed E-state index contributed by atoms with van der Waals surface area (Å²) in [6.45, 7) is 13.5. The predicted molar refractivity (Wildman–Crippen MR) is 195 cm³/mol. The van der Waals surface area contributed by atoms with Gasteiger partial charge in [0.2, 0.25) is 0 Å². The van der Waals surface area contributed by atoms with Crippen molar-refractivity contribution in [3.8, 4) is 45.7 Å². The molecular formula is C43H38N4. The highest BCUT2D eigenvalue weighted by Crippen LogP contribution is 2.38. The van der Waals surface area contributed by atoms with Gasteiger partial charge in [0.05, 0.1) is 34.1 Å². The average molecular weight is 611 g/mol. The van der Waals surface area contributed by atoms with Crippen LogP contribution in [0.25, 0.3) is 61.4 Å². The Morgan fingerprint density at radius 1 is 0.553 bits per heavy atom. The maximum absolute atomic E-state index is 10.6. The van der Waals surface area contributed by atoms with Crippen molar-refractivity contribution < 1.29 is 0 Å². The Balaban J connectivity index is 1.44. The van der Waals surface area contributed by atoms with Crippen LogP contribution in [0, 0.1) is 11.3 Å². The fourth-order valence-electron chi connectivity index (χ4n) is 6.28. The lowest BCUT2D eigenvalue weighted by atomic mass is 9.85. The molecule has 7 aromatic rings. The Kier molecular flexibility index (Phi) is 7.29. The zero-order valence-corrected chi connectivity index (χ0v) is 27.8. The molecule has 0 aliphatic carbocycles. The lowest BCUT2D eigenvalue weighted by Gasteiger charge is -2.19. The van der Waals surface area contributed by atoms with Gasteiger partial charge in [0.1, 0.15) is 0 Å². The lowest BCUT2D eigenvalue weighted by molar-refractivity contribution is 0.590. The molecule has 47 heavy (non-hydrogen) atoms. The number of fused-ring (bicyclic) bond motifs is 3. The summed E-state index contributed by atoms with van der Waals surface area (Å²) >= 11 is 0. The van der Waals surface area contributed by atoms with Crippen LogP contribution in [0.4, 0.5) is 0 Å². The van der Waals surface area contributed by atoms with Crippen molar-refractivity contribution in [2.75, 3.05) is 0 Å². The van der Waals surface area contributed by atoms with E-state index in [1.54, 1.807) is 0 Å². The van der Waals surface area contributed by atoms with Crippen LogP contribution in [0.3, 0.4) is 0 Å². The maximum atomic E-state index is 10.6. The van der Waals surface area contributed by atoms with Crippen LogP contribution in [-0.2, 0) is 10.8 Å². The summed E-state index contributed by atoms with van der Waals surface area (Å²) in [6, 6.07) is 44.4. The van der Waals surface area contributed by atoms with Crippen molar-refractivity contribution in [2.24, 2.45) is 0 Å². The zero-order valence-electron chi connectivity index (χ0n) is 27.8. The van der Waals surface area contributed by atoms with Crippen LogP contribution >= 0.6 is 0 Å². The fraction of sp³-hybridized carbons (Fsp3) is 0.186. The number of hydrogen-bond donors (Lipinski definition) is 0. The van der Waals surface area contributed by atoms with E-state index in [1.165, 1.54) is 21.9 Å². The normalized spacial score (nSPS) is 12.0. The van der Waals surface area contributed by atoms with Gasteiger partial charge >= 0.3 is 0 Å². The Hall–Kier alpha value is -5.53. The molecule has 0 atom stereocenters. The van der Waals surface area contributed by atoms with Crippen molar-refractivity contribution in [3.63, 3.8) is 0 Å². The first-order chi connectivity index (χ1) is 22.5. The first kappa shape index (κ1) is 30.1. The predicted octanol–water partition coefficient (Wildman–Crippen LogP) is 11.0. The summed E-state index contributed by atoms with van der Waals surface area (Å²) in [5, 5.41) is 13.0. The molecule has 0 fully saturated rings. The third-order valence-electron chi connectivity index (χ3n) is 8.98. The molecule has 0 saturated carbocycles. The van der Waals surface area contributed by atoms with Gasteiger partial charge in [-0.2, -0.15) is 5.26 Å². The molecule has 7 rings (SSSR count). The van der Waals surface area contributed by atoms with E-state index in [2.05, 4.69) is 94.6 Å². The van der Waals surface area contributed by atoms with Gasteiger partial charge in [-0.25, -0.2) is 9.97 Å². The van der Waals surface area contributed by atoms with Crippen molar-refractivity contribution in [2.45, 2.75) is 52.4 Å². The van der Waals surface area contributed by atoms with Crippen molar-refractivity contribution in [3.05, 3.63) is 138 Å². The first-order valence-electron chi connectivity index (χ1n) is 16.2. The number of benzene rings is 5. The second-order valence-corrected chi connectivity index (χ2v) is 14.3. The summed E-state index contributed by atoms with van der Waals surface area (Å²) in [6.07, 6.45) is 0. The summed E-state index contributed by atoms with van der Waals surface area (Å²) in [7, 11) is 0. The van der Waals surface area contributed by atoms with Crippen LogP contribution in [0.5, 0.6) is 0 Å². The first-order valence-corrected chi connectivity index (χ1v) is 16.2. The van der Waals surface area contributed by atoms with E-state index >= 15 is 0 Å². The summed E-state index contributed by atoms with van der Waals surface area (Å²) in [5.74, 6) is 0.627. The fourth-order valence-corrected chi connectivity index (χ4v) is 6.28. The molecular weight excluding hydrogens is 573 g/mol. The minimum Gasteiger partial charge on any atom is -0.309 e. The number of nitriles is 1. The molecule has 0 N–H and O–H groups in total. The van der Waals surface area contributed by atoms with E-state index in [0.29, 0.717) is 17.1 Å². The molecule has 0 spiro atoms. The summed E-state index contributed by atoms with van der Waals surface area (Å²) in [4.78, 5) is 9.93. The molecule has 2 heterocycles. The molecule has 0 radical (unpaired) electrons. The zero-order chi connectivity index (χ0) is 32.9. The quantitative estimate of drug-likeness (QED) is 0.199. The van der Waals surface area contributed by atoms with Crippen molar-refractivity contribution in [1.82, 2.24) is 14.5 Å². The highest BCUT2D eigenvalue weighted by molar-refractivity contribution is 6.10. The van der Waals surface area contributed by atoms with E-state index in [0.717, 1.165) is 39.1 Å². The maximum Gasteiger partial charge on any atom is 0.160 e. The SMILES string of the molecule is CC(C)(C)c1ccc2c(c1)c1cc(C(C)(C)C)ccc1n2-c1ccc(-c2cc(-c3ccccc3)nc(-c3ccccc3)n2)c(C#N)c1. The number of rotatable bonds is 4. The molecule has 0 amide bonds. The Morgan fingerprint density at radius 2 is 1.09 bits per heavy atom. The second kappa shape index (κ2) is 11.4. The summed E-state index contributed by atoms with van der Waals surface area (Å²) < 4.78 is 2.29. The van der Waals surface area contributed by atoms with Crippen LogP contribution in [0.15, 0.2) is 121 Å². The number of aromatic nitrogens is 3. The molecule has 0 bridgehead atoms. The van der Waals surface area contributed by atoms with E-state index < -0.39 is 0 Å². The van der Waals surface area contributed by atoms with Gasteiger partial charge < -0.3 is 4.57 Å². The van der Waals surface area contributed by atoms with Gasteiger partial charge in [0.25, 0.3) is 0 Å². The molecule has 0 aliphatic rings. The highest BCUT2D eigenvalue weighted by atomic mass is 15.0. The van der Waals surface area contributed by atoms with E-state index in [1.807, 2.05) is 78.9 Å². The number of hydrogen-bond acceptors (Lipinski definition) is 3. The smallest absolute Gasteiger partial charge is 0.160 e. The molecule has 4 nitrogen and oxygen atoms in total. The standard InChI is InChI=1S/C43H38N4/c1-42(2,3)31-17-21-39-35(24-31)36-25-32(43(4,5)6)18-22-40(36)47(39)33-19-20-34(30(23-33)27-44)38-26-37(28-13-9-7-10-14-28)45-41(46-38)29-15-11-8-12-16-29/h7-26H,1-6H3. The van der Waals surface area contributed by atoms with Gasteiger partial charge in [-0.1, -0.05) is 114 Å². The van der Waals surface area contributed by atoms with Gasteiger partial charge in [-0.15, -0.1) is 0 Å². The molecule has 0 unspecified atom stereocenters. The minimum absolute atomic E-state index is 0.0224. The molecule has 0 saturated heterocycles. The average Bonchev–Trinajstić information content (AvgIpc) is 3.41.